The molecular formula is C26H27NO3S. The zero-order valence-electron chi connectivity index (χ0n) is 18.0. The van der Waals surface area contributed by atoms with Gasteiger partial charge in [0.1, 0.15) is 10.6 Å². The molecule has 160 valence electrons. The van der Waals surface area contributed by atoms with Crippen molar-refractivity contribution in [3.05, 3.63) is 75.7 Å². The third-order valence-corrected chi connectivity index (χ3v) is 6.75. The lowest BCUT2D eigenvalue weighted by Crippen LogP contribution is -2.14. The first kappa shape index (κ1) is 21.3. The molecule has 0 atom stereocenters. The van der Waals surface area contributed by atoms with Crippen LogP contribution in [0.15, 0.2) is 47.8 Å². The van der Waals surface area contributed by atoms with E-state index in [0.29, 0.717) is 23.4 Å². The summed E-state index contributed by atoms with van der Waals surface area (Å²) in [6.07, 6.45) is 5.64. The number of thiophene rings is 1. The smallest absolute Gasteiger partial charge is 0.341 e. The average molecular weight is 434 g/mol. The molecule has 0 bridgehead atoms. The molecule has 0 unspecified atom stereocenters. The van der Waals surface area contributed by atoms with E-state index in [1.54, 1.807) is 0 Å². The summed E-state index contributed by atoms with van der Waals surface area (Å²) < 4.78 is 5.05. The SMILES string of the molecule is COC(=O)c1c(-c2ccc3c(c2)CCCC3)csc1NC(=O)CCc1ccc(C)cc1. The van der Waals surface area contributed by atoms with Crippen LogP contribution in [0.1, 0.15) is 51.9 Å². The summed E-state index contributed by atoms with van der Waals surface area (Å²) in [7, 11) is 1.37. The van der Waals surface area contributed by atoms with Gasteiger partial charge < -0.3 is 10.1 Å². The Hall–Kier alpha value is -2.92. The Labute approximate surface area is 187 Å². The minimum Gasteiger partial charge on any atom is -0.465 e. The van der Waals surface area contributed by atoms with E-state index in [4.69, 9.17) is 4.74 Å². The first-order valence-electron chi connectivity index (χ1n) is 10.7. The summed E-state index contributed by atoms with van der Waals surface area (Å²) in [4.78, 5) is 25.2. The largest absolute Gasteiger partial charge is 0.465 e. The molecule has 1 aliphatic carbocycles. The average Bonchev–Trinajstić information content (AvgIpc) is 3.21. The van der Waals surface area contributed by atoms with E-state index in [2.05, 4.69) is 23.5 Å². The zero-order valence-corrected chi connectivity index (χ0v) is 18.8. The van der Waals surface area contributed by atoms with Gasteiger partial charge in [-0.2, -0.15) is 0 Å². The number of amides is 1. The molecule has 0 saturated carbocycles. The minimum absolute atomic E-state index is 0.107. The number of rotatable bonds is 6. The van der Waals surface area contributed by atoms with E-state index in [1.807, 2.05) is 36.6 Å². The van der Waals surface area contributed by atoms with Gasteiger partial charge in [-0.15, -0.1) is 11.3 Å². The monoisotopic (exact) mass is 433 g/mol. The number of methoxy groups -OCH3 is 1. The van der Waals surface area contributed by atoms with Crippen LogP contribution in [0.4, 0.5) is 5.00 Å². The van der Waals surface area contributed by atoms with Crippen molar-refractivity contribution < 1.29 is 14.3 Å². The van der Waals surface area contributed by atoms with Crippen molar-refractivity contribution in [3.8, 4) is 11.1 Å². The third-order valence-electron chi connectivity index (χ3n) is 5.85. The quantitative estimate of drug-likeness (QED) is 0.488. The molecule has 31 heavy (non-hydrogen) atoms. The van der Waals surface area contributed by atoms with Crippen molar-refractivity contribution in [2.24, 2.45) is 0 Å². The first-order chi connectivity index (χ1) is 15.0. The molecule has 0 radical (unpaired) electrons. The predicted octanol–water partition coefficient (Wildman–Crippen LogP) is 5.96. The van der Waals surface area contributed by atoms with Crippen molar-refractivity contribution in [1.82, 2.24) is 0 Å². The lowest BCUT2D eigenvalue weighted by Gasteiger charge is -2.16. The van der Waals surface area contributed by atoms with Crippen molar-refractivity contribution >= 4 is 28.2 Å². The van der Waals surface area contributed by atoms with E-state index < -0.39 is 5.97 Å². The van der Waals surface area contributed by atoms with Crippen molar-refractivity contribution in [2.75, 3.05) is 12.4 Å². The van der Waals surface area contributed by atoms with Crippen LogP contribution in [0, 0.1) is 6.92 Å². The number of carbonyl (C=O) groups is 2. The number of carbonyl (C=O) groups excluding carboxylic acids is 2. The fraction of sp³-hybridized carbons (Fsp3) is 0.308. The summed E-state index contributed by atoms with van der Waals surface area (Å²) in [5.41, 5.74) is 7.33. The van der Waals surface area contributed by atoms with Crippen LogP contribution in [0.3, 0.4) is 0 Å². The Morgan fingerprint density at radius 3 is 2.52 bits per heavy atom. The highest BCUT2D eigenvalue weighted by Gasteiger charge is 2.23. The molecule has 3 aromatic rings. The number of esters is 1. The lowest BCUT2D eigenvalue weighted by atomic mass is 9.89. The molecular weight excluding hydrogens is 406 g/mol. The number of benzene rings is 2. The third kappa shape index (κ3) is 4.88. The van der Waals surface area contributed by atoms with Crippen LogP contribution < -0.4 is 5.32 Å². The van der Waals surface area contributed by atoms with E-state index >= 15 is 0 Å². The molecule has 0 spiro atoms. The topological polar surface area (TPSA) is 55.4 Å². The second-order valence-electron chi connectivity index (χ2n) is 8.07. The van der Waals surface area contributed by atoms with Crippen LogP contribution in [-0.2, 0) is 28.8 Å². The van der Waals surface area contributed by atoms with Gasteiger partial charge in [-0.3, -0.25) is 4.79 Å². The molecule has 1 heterocycles. The standard InChI is InChI=1S/C26H27NO3S/c1-17-7-9-18(10-8-17)11-14-23(28)27-25-24(26(29)30-2)22(16-31-25)21-13-12-19-5-3-4-6-20(19)15-21/h7-10,12-13,15-16H,3-6,11,14H2,1-2H3,(H,27,28). The Balaban J connectivity index is 1.54. The number of fused-ring (bicyclic) bond motifs is 1. The van der Waals surface area contributed by atoms with E-state index in [-0.39, 0.29) is 5.91 Å². The van der Waals surface area contributed by atoms with Gasteiger partial charge in [0, 0.05) is 17.4 Å². The fourth-order valence-corrected chi connectivity index (χ4v) is 5.04. The number of ether oxygens (including phenoxy) is 1. The number of anilines is 1. The molecule has 0 aliphatic heterocycles. The Bertz CT molecular complexity index is 1100. The van der Waals surface area contributed by atoms with E-state index in [0.717, 1.165) is 29.5 Å². The van der Waals surface area contributed by atoms with Crippen LogP contribution in [0.25, 0.3) is 11.1 Å². The Kier molecular flexibility index (Phi) is 6.52. The molecule has 2 aromatic carbocycles. The Morgan fingerprint density at radius 1 is 1.03 bits per heavy atom. The minimum atomic E-state index is -0.428. The van der Waals surface area contributed by atoms with Crippen molar-refractivity contribution in [1.29, 1.82) is 0 Å². The summed E-state index contributed by atoms with van der Waals surface area (Å²) in [6, 6.07) is 14.6. The van der Waals surface area contributed by atoms with E-state index in [9.17, 15) is 9.59 Å². The van der Waals surface area contributed by atoms with Crippen LogP contribution in [0.2, 0.25) is 0 Å². The van der Waals surface area contributed by atoms with Crippen molar-refractivity contribution in [3.63, 3.8) is 0 Å². The van der Waals surface area contributed by atoms with Crippen LogP contribution in [0.5, 0.6) is 0 Å². The number of nitrogens with one attached hydrogen (secondary N) is 1. The molecule has 1 aliphatic rings. The summed E-state index contributed by atoms with van der Waals surface area (Å²) >= 11 is 1.37. The number of aryl methyl sites for hydroxylation is 4. The van der Waals surface area contributed by atoms with Crippen LogP contribution in [-0.4, -0.2) is 19.0 Å². The molecule has 4 nitrogen and oxygen atoms in total. The van der Waals surface area contributed by atoms with Gasteiger partial charge in [0.2, 0.25) is 5.91 Å². The van der Waals surface area contributed by atoms with Gasteiger partial charge >= 0.3 is 5.97 Å². The summed E-state index contributed by atoms with van der Waals surface area (Å²) in [5, 5.41) is 5.43. The van der Waals surface area contributed by atoms with E-state index in [1.165, 1.54) is 48.0 Å². The second-order valence-corrected chi connectivity index (χ2v) is 8.95. The normalized spacial score (nSPS) is 12.8. The lowest BCUT2D eigenvalue weighted by molar-refractivity contribution is -0.116. The number of hydrogen-bond donors (Lipinski definition) is 1. The van der Waals surface area contributed by atoms with Gasteiger partial charge in [-0.05, 0) is 61.3 Å². The van der Waals surface area contributed by atoms with Gasteiger partial charge in [0.05, 0.1) is 7.11 Å². The molecule has 5 heteroatoms. The second kappa shape index (κ2) is 9.48. The zero-order chi connectivity index (χ0) is 21.8. The summed E-state index contributed by atoms with van der Waals surface area (Å²) in [5.74, 6) is -0.535. The molecule has 0 fully saturated rings. The molecule has 0 saturated heterocycles. The highest BCUT2D eigenvalue weighted by Crippen LogP contribution is 2.37. The molecule has 4 rings (SSSR count). The van der Waals surface area contributed by atoms with Crippen LogP contribution >= 0.6 is 11.3 Å². The summed E-state index contributed by atoms with van der Waals surface area (Å²) in [6.45, 7) is 2.04. The van der Waals surface area contributed by atoms with Crippen molar-refractivity contribution in [2.45, 2.75) is 45.4 Å². The molecule has 1 amide bonds. The van der Waals surface area contributed by atoms with Gasteiger partial charge in [-0.25, -0.2) is 4.79 Å². The maximum absolute atomic E-state index is 12.6. The van der Waals surface area contributed by atoms with Gasteiger partial charge in [-0.1, -0.05) is 48.0 Å². The fourth-order valence-electron chi connectivity index (χ4n) is 4.07. The maximum Gasteiger partial charge on any atom is 0.341 e. The van der Waals surface area contributed by atoms with Gasteiger partial charge in [0.25, 0.3) is 0 Å². The van der Waals surface area contributed by atoms with Gasteiger partial charge in [0.15, 0.2) is 0 Å². The highest BCUT2D eigenvalue weighted by molar-refractivity contribution is 7.15. The number of hydrogen-bond acceptors (Lipinski definition) is 4. The highest BCUT2D eigenvalue weighted by atomic mass is 32.1. The maximum atomic E-state index is 12.6. The molecule has 1 N–H and O–H groups in total. The first-order valence-corrected chi connectivity index (χ1v) is 11.6. The predicted molar refractivity (Wildman–Crippen MR) is 126 cm³/mol. The Morgan fingerprint density at radius 2 is 1.77 bits per heavy atom. The molecule has 1 aromatic heterocycles.